The number of carbonyl (C=O) groups is 1. The first-order valence-electron chi connectivity index (χ1n) is 7.16. The van der Waals surface area contributed by atoms with Gasteiger partial charge in [0.1, 0.15) is 17.4 Å². The average Bonchev–Trinajstić information content (AvgIpc) is 2.42. The summed E-state index contributed by atoms with van der Waals surface area (Å²) in [5.41, 5.74) is 6.60. The van der Waals surface area contributed by atoms with E-state index in [1.807, 2.05) is 0 Å². The van der Waals surface area contributed by atoms with E-state index in [4.69, 9.17) is 15.2 Å². The summed E-state index contributed by atoms with van der Waals surface area (Å²) < 4.78 is 10.8. The molecule has 1 aliphatic carbocycles. The molecule has 110 valence electrons. The van der Waals surface area contributed by atoms with Crippen LogP contribution in [0.5, 0.6) is 5.75 Å². The fourth-order valence-electron chi connectivity index (χ4n) is 2.75. The highest BCUT2D eigenvalue weighted by molar-refractivity contribution is 5.98. The zero-order valence-corrected chi connectivity index (χ0v) is 12.4. The minimum absolute atomic E-state index is 0.0157. The molecule has 0 aliphatic heterocycles. The van der Waals surface area contributed by atoms with Gasteiger partial charge >= 0.3 is 5.97 Å². The Morgan fingerprint density at radius 3 is 2.65 bits per heavy atom. The second-order valence-corrected chi connectivity index (χ2v) is 5.72. The average molecular weight is 277 g/mol. The van der Waals surface area contributed by atoms with Gasteiger partial charge in [-0.05, 0) is 43.2 Å². The third-order valence-corrected chi connectivity index (χ3v) is 4.31. The molecule has 0 amide bonds. The molecule has 4 nitrogen and oxygen atoms in total. The topological polar surface area (TPSA) is 61.5 Å². The van der Waals surface area contributed by atoms with Crippen molar-refractivity contribution in [1.82, 2.24) is 0 Å². The van der Waals surface area contributed by atoms with E-state index in [2.05, 4.69) is 13.8 Å². The summed E-state index contributed by atoms with van der Waals surface area (Å²) in [4.78, 5) is 12.3. The number of hydrogen-bond acceptors (Lipinski definition) is 4. The van der Waals surface area contributed by atoms with Crippen molar-refractivity contribution in [2.24, 2.45) is 11.8 Å². The Kier molecular flexibility index (Phi) is 4.53. The lowest BCUT2D eigenvalue weighted by molar-refractivity contribution is 0.00863. The summed E-state index contributed by atoms with van der Waals surface area (Å²) >= 11 is 0. The van der Waals surface area contributed by atoms with Gasteiger partial charge in [-0.15, -0.1) is 0 Å². The normalized spacial score (nSPS) is 26.1. The molecule has 0 spiro atoms. The fourth-order valence-corrected chi connectivity index (χ4v) is 2.75. The third-order valence-electron chi connectivity index (χ3n) is 4.31. The van der Waals surface area contributed by atoms with Crippen LogP contribution < -0.4 is 10.5 Å². The first kappa shape index (κ1) is 14.7. The van der Waals surface area contributed by atoms with E-state index < -0.39 is 0 Å². The zero-order chi connectivity index (χ0) is 14.7. The van der Waals surface area contributed by atoms with Gasteiger partial charge in [0.15, 0.2) is 0 Å². The first-order chi connectivity index (χ1) is 9.52. The maximum atomic E-state index is 12.3. The van der Waals surface area contributed by atoms with E-state index in [9.17, 15) is 4.79 Å². The molecule has 4 heteroatoms. The highest BCUT2D eigenvalue weighted by Gasteiger charge is 2.28. The molecule has 2 N–H and O–H groups in total. The lowest BCUT2D eigenvalue weighted by atomic mass is 9.80. The molecule has 20 heavy (non-hydrogen) atoms. The highest BCUT2D eigenvalue weighted by atomic mass is 16.5. The molecule has 0 heterocycles. The van der Waals surface area contributed by atoms with Crippen molar-refractivity contribution in [2.75, 3.05) is 12.8 Å². The minimum Gasteiger partial charge on any atom is -0.496 e. The minimum atomic E-state index is -0.383. The zero-order valence-electron chi connectivity index (χ0n) is 12.4. The first-order valence-corrected chi connectivity index (χ1v) is 7.16. The lowest BCUT2D eigenvalue weighted by Crippen LogP contribution is -2.29. The van der Waals surface area contributed by atoms with Crippen LogP contribution in [-0.2, 0) is 4.74 Å². The number of esters is 1. The van der Waals surface area contributed by atoms with Crippen molar-refractivity contribution < 1.29 is 14.3 Å². The number of benzene rings is 1. The van der Waals surface area contributed by atoms with Crippen molar-refractivity contribution in [3.05, 3.63) is 23.8 Å². The van der Waals surface area contributed by atoms with Crippen LogP contribution in [-0.4, -0.2) is 19.2 Å². The van der Waals surface area contributed by atoms with Crippen molar-refractivity contribution in [3.63, 3.8) is 0 Å². The SMILES string of the molecule is COc1cccc(N)c1C(=O)OC1CCC(C)C(C)C1. The standard InChI is InChI=1S/C16H23NO3/c1-10-7-8-12(9-11(10)2)20-16(18)15-13(17)5-4-6-14(15)19-3/h4-6,10-12H,7-9,17H2,1-3H3. The number of rotatable bonds is 3. The predicted octanol–water partition coefficient (Wildman–Crippen LogP) is 3.26. The van der Waals surface area contributed by atoms with Gasteiger partial charge in [-0.3, -0.25) is 0 Å². The second-order valence-electron chi connectivity index (χ2n) is 5.72. The van der Waals surface area contributed by atoms with Crippen LogP contribution in [0.4, 0.5) is 5.69 Å². The van der Waals surface area contributed by atoms with Crippen LogP contribution in [0.3, 0.4) is 0 Å². The molecule has 1 aromatic rings. The third kappa shape index (κ3) is 3.06. The second kappa shape index (κ2) is 6.16. The maximum Gasteiger partial charge on any atom is 0.344 e. The number of carbonyl (C=O) groups excluding carboxylic acids is 1. The molecular weight excluding hydrogens is 254 g/mol. The van der Waals surface area contributed by atoms with E-state index >= 15 is 0 Å². The number of ether oxygens (including phenoxy) is 2. The van der Waals surface area contributed by atoms with Crippen LogP contribution in [0, 0.1) is 11.8 Å². The molecule has 1 aromatic carbocycles. The van der Waals surface area contributed by atoms with E-state index in [1.165, 1.54) is 7.11 Å². The molecule has 1 fully saturated rings. The fraction of sp³-hybridized carbons (Fsp3) is 0.562. The maximum absolute atomic E-state index is 12.3. The van der Waals surface area contributed by atoms with Gasteiger partial charge in [0.2, 0.25) is 0 Å². The van der Waals surface area contributed by atoms with Crippen LogP contribution in [0.15, 0.2) is 18.2 Å². The molecule has 0 saturated heterocycles. The Morgan fingerprint density at radius 1 is 1.25 bits per heavy atom. The summed E-state index contributed by atoms with van der Waals surface area (Å²) in [5.74, 6) is 1.36. The molecule has 0 aromatic heterocycles. The van der Waals surface area contributed by atoms with E-state index in [0.717, 1.165) is 19.3 Å². The molecular formula is C16H23NO3. The molecule has 1 saturated carbocycles. The Morgan fingerprint density at radius 2 is 2.00 bits per heavy atom. The van der Waals surface area contributed by atoms with Gasteiger partial charge in [-0.25, -0.2) is 4.79 Å². The van der Waals surface area contributed by atoms with Gasteiger partial charge in [-0.1, -0.05) is 19.9 Å². The monoisotopic (exact) mass is 277 g/mol. The van der Waals surface area contributed by atoms with Crippen LogP contribution in [0.1, 0.15) is 43.5 Å². The number of methoxy groups -OCH3 is 1. The lowest BCUT2D eigenvalue weighted by Gasteiger charge is -2.31. The van der Waals surface area contributed by atoms with Crippen molar-refractivity contribution in [3.8, 4) is 5.75 Å². The molecule has 2 rings (SSSR count). The molecule has 0 radical (unpaired) electrons. The van der Waals surface area contributed by atoms with Gasteiger partial charge < -0.3 is 15.2 Å². The van der Waals surface area contributed by atoms with Gasteiger partial charge in [0.05, 0.1) is 7.11 Å². The summed E-state index contributed by atoms with van der Waals surface area (Å²) in [7, 11) is 1.52. The quantitative estimate of drug-likeness (QED) is 0.680. The summed E-state index contributed by atoms with van der Waals surface area (Å²) in [6.07, 6.45) is 2.92. The van der Waals surface area contributed by atoms with Crippen molar-refractivity contribution in [1.29, 1.82) is 0 Å². The summed E-state index contributed by atoms with van der Waals surface area (Å²) in [5, 5.41) is 0. The van der Waals surface area contributed by atoms with E-state index in [-0.39, 0.29) is 12.1 Å². The molecule has 0 bridgehead atoms. The Bertz CT molecular complexity index is 487. The highest BCUT2D eigenvalue weighted by Crippen LogP contribution is 2.32. The Balaban J connectivity index is 2.09. The number of nitrogens with two attached hydrogens (primary N) is 1. The largest absolute Gasteiger partial charge is 0.496 e. The van der Waals surface area contributed by atoms with Gasteiger partial charge in [-0.2, -0.15) is 0 Å². The number of anilines is 1. The van der Waals surface area contributed by atoms with E-state index in [1.54, 1.807) is 18.2 Å². The van der Waals surface area contributed by atoms with Crippen molar-refractivity contribution >= 4 is 11.7 Å². The number of hydrogen-bond donors (Lipinski definition) is 1. The summed E-state index contributed by atoms with van der Waals surface area (Å²) in [6, 6.07) is 5.17. The summed E-state index contributed by atoms with van der Waals surface area (Å²) in [6.45, 7) is 4.46. The number of nitrogen functional groups attached to an aromatic ring is 1. The van der Waals surface area contributed by atoms with E-state index in [0.29, 0.717) is 28.8 Å². The smallest absolute Gasteiger partial charge is 0.344 e. The predicted molar refractivity (Wildman–Crippen MR) is 78.8 cm³/mol. The van der Waals surface area contributed by atoms with Gasteiger partial charge in [0.25, 0.3) is 0 Å². The molecule has 1 aliphatic rings. The van der Waals surface area contributed by atoms with Crippen LogP contribution in [0.25, 0.3) is 0 Å². The Labute approximate surface area is 120 Å². The molecule has 3 unspecified atom stereocenters. The van der Waals surface area contributed by atoms with Crippen LogP contribution in [0.2, 0.25) is 0 Å². The van der Waals surface area contributed by atoms with Crippen molar-refractivity contribution in [2.45, 2.75) is 39.2 Å². The van der Waals surface area contributed by atoms with Gasteiger partial charge in [0, 0.05) is 5.69 Å². The Hall–Kier alpha value is -1.71. The van der Waals surface area contributed by atoms with Crippen LogP contribution >= 0.6 is 0 Å². The molecule has 3 atom stereocenters.